The van der Waals surface area contributed by atoms with Gasteiger partial charge in [0.05, 0.1) is 22.5 Å². The van der Waals surface area contributed by atoms with Crippen LogP contribution < -0.4 is 10.1 Å². The first-order valence-electron chi connectivity index (χ1n) is 7.97. The molecule has 1 aromatic heterocycles. The quantitative estimate of drug-likeness (QED) is 0.730. The van der Waals surface area contributed by atoms with E-state index in [0.29, 0.717) is 28.3 Å². The third-order valence-electron chi connectivity index (χ3n) is 4.15. The highest BCUT2D eigenvalue weighted by Crippen LogP contribution is 2.34. The second-order valence-electron chi connectivity index (χ2n) is 5.87. The summed E-state index contributed by atoms with van der Waals surface area (Å²) in [5.74, 6) is 1.01. The number of nitrogens with one attached hydrogen (secondary N) is 1. The van der Waals surface area contributed by atoms with Crippen molar-refractivity contribution < 1.29 is 9.53 Å². The Hall–Kier alpha value is -2.57. The third-order valence-corrected chi connectivity index (χ3v) is 4.89. The van der Waals surface area contributed by atoms with Gasteiger partial charge in [-0.05, 0) is 23.8 Å². The number of hydrogen-bond donors (Lipinski definition) is 1. The Labute approximate surface area is 159 Å². The predicted octanol–water partition coefficient (Wildman–Crippen LogP) is 4.10. The van der Waals surface area contributed by atoms with E-state index >= 15 is 0 Å². The summed E-state index contributed by atoms with van der Waals surface area (Å²) in [6.07, 6.45) is 1.69. The Morgan fingerprint density at radius 2 is 2.04 bits per heavy atom. The maximum absolute atomic E-state index is 12.0. The highest BCUT2D eigenvalue weighted by atomic mass is 35.5. The number of para-hydroxylation sites is 1. The van der Waals surface area contributed by atoms with Crippen molar-refractivity contribution in [3.8, 4) is 5.75 Å². The maximum Gasteiger partial charge on any atom is 0.229 e. The molecule has 0 saturated heterocycles. The zero-order valence-electron chi connectivity index (χ0n) is 13.5. The molecular formula is C18H14Cl2N4O2. The van der Waals surface area contributed by atoms with Gasteiger partial charge in [-0.1, -0.05) is 47.5 Å². The summed E-state index contributed by atoms with van der Waals surface area (Å²) in [5.41, 5.74) is 1.77. The second-order valence-corrected chi connectivity index (χ2v) is 6.69. The number of aromatic nitrogens is 3. The van der Waals surface area contributed by atoms with Gasteiger partial charge in [0.25, 0.3) is 0 Å². The summed E-state index contributed by atoms with van der Waals surface area (Å²) in [5, 5.41) is 7.93. The molecule has 1 atom stereocenters. The number of fused-ring (bicyclic) bond motifs is 1. The molecule has 0 bridgehead atoms. The number of carbonyl (C=O) groups excluding carboxylic acids is 1. The van der Waals surface area contributed by atoms with Crippen LogP contribution in [0.2, 0.25) is 10.0 Å². The van der Waals surface area contributed by atoms with Gasteiger partial charge < -0.3 is 4.74 Å². The number of amides is 1. The number of hydrogen-bond acceptors (Lipinski definition) is 4. The van der Waals surface area contributed by atoms with Crippen LogP contribution in [0.4, 0.5) is 5.95 Å². The monoisotopic (exact) mass is 388 g/mol. The molecule has 3 aromatic rings. The molecule has 2 heterocycles. The summed E-state index contributed by atoms with van der Waals surface area (Å²) in [7, 11) is 0. The van der Waals surface area contributed by atoms with Crippen LogP contribution >= 0.6 is 23.2 Å². The molecule has 8 heteroatoms. The lowest BCUT2D eigenvalue weighted by atomic mass is 10.0. The molecule has 132 valence electrons. The molecule has 0 aliphatic carbocycles. The highest BCUT2D eigenvalue weighted by Gasteiger charge is 2.29. The van der Waals surface area contributed by atoms with Crippen molar-refractivity contribution >= 4 is 35.1 Å². The van der Waals surface area contributed by atoms with Gasteiger partial charge in [-0.25, -0.2) is 4.68 Å². The first-order chi connectivity index (χ1) is 12.6. The average molecular weight is 389 g/mol. The fourth-order valence-electron chi connectivity index (χ4n) is 2.92. The van der Waals surface area contributed by atoms with E-state index in [-0.39, 0.29) is 18.4 Å². The van der Waals surface area contributed by atoms with Crippen molar-refractivity contribution in [2.24, 2.45) is 0 Å². The van der Waals surface area contributed by atoms with Crippen LogP contribution in [0, 0.1) is 0 Å². The van der Waals surface area contributed by atoms with Gasteiger partial charge in [0.2, 0.25) is 11.9 Å². The van der Waals surface area contributed by atoms with Crippen LogP contribution in [0.25, 0.3) is 0 Å². The standard InChI is InChI=1S/C18H14Cl2N4O2/c19-13-6-5-11(7-14(13)20)9-26-16-4-2-1-3-12(16)15-8-17(25)23-18-21-10-22-24(15)18/h1-7,10,15H,8-9H2,(H,21,22,23,25)/t15-/m1/s1. The van der Waals surface area contributed by atoms with E-state index in [9.17, 15) is 4.79 Å². The van der Waals surface area contributed by atoms with E-state index in [1.165, 1.54) is 6.33 Å². The fourth-order valence-corrected chi connectivity index (χ4v) is 3.25. The number of benzene rings is 2. The number of ether oxygens (including phenoxy) is 1. The lowest BCUT2D eigenvalue weighted by Crippen LogP contribution is -2.29. The van der Waals surface area contributed by atoms with Crippen molar-refractivity contribution in [2.75, 3.05) is 5.32 Å². The molecule has 1 N–H and O–H groups in total. The van der Waals surface area contributed by atoms with E-state index < -0.39 is 0 Å². The molecule has 1 aliphatic heterocycles. The highest BCUT2D eigenvalue weighted by molar-refractivity contribution is 6.42. The molecule has 4 rings (SSSR count). The molecule has 26 heavy (non-hydrogen) atoms. The second kappa shape index (κ2) is 6.97. The van der Waals surface area contributed by atoms with Crippen molar-refractivity contribution in [2.45, 2.75) is 19.1 Å². The van der Waals surface area contributed by atoms with E-state index in [2.05, 4.69) is 15.4 Å². The predicted molar refractivity (Wildman–Crippen MR) is 98.6 cm³/mol. The minimum atomic E-state index is -0.272. The molecule has 0 unspecified atom stereocenters. The Bertz CT molecular complexity index is 973. The van der Waals surface area contributed by atoms with Crippen molar-refractivity contribution in [3.63, 3.8) is 0 Å². The summed E-state index contributed by atoms with van der Waals surface area (Å²) in [6, 6.07) is 12.7. The van der Waals surface area contributed by atoms with Crippen LogP contribution in [0.15, 0.2) is 48.8 Å². The zero-order chi connectivity index (χ0) is 18.1. The van der Waals surface area contributed by atoms with Crippen molar-refractivity contribution in [1.82, 2.24) is 14.8 Å². The van der Waals surface area contributed by atoms with E-state index in [1.54, 1.807) is 16.8 Å². The molecule has 0 radical (unpaired) electrons. The molecular weight excluding hydrogens is 375 g/mol. The van der Waals surface area contributed by atoms with Crippen LogP contribution in [0.5, 0.6) is 5.75 Å². The number of carbonyl (C=O) groups is 1. The normalized spacial score (nSPS) is 16.1. The van der Waals surface area contributed by atoms with Gasteiger partial charge in [0.1, 0.15) is 18.7 Å². The fraction of sp³-hybridized carbons (Fsp3) is 0.167. The Morgan fingerprint density at radius 1 is 1.19 bits per heavy atom. The van der Waals surface area contributed by atoms with E-state index in [1.807, 2.05) is 30.3 Å². The Balaban J connectivity index is 1.61. The largest absolute Gasteiger partial charge is 0.489 e. The minimum absolute atomic E-state index is 0.102. The van der Waals surface area contributed by atoms with E-state index in [4.69, 9.17) is 27.9 Å². The molecule has 1 amide bonds. The smallest absolute Gasteiger partial charge is 0.229 e. The van der Waals surface area contributed by atoms with Gasteiger partial charge in [0.15, 0.2) is 0 Å². The van der Waals surface area contributed by atoms with Gasteiger partial charge in [0, 0.05) is 5.56 Å². The third kappa shape index (κ3) is 3.25. The van der Waals surface area contributed by atoms with Crippen molar-refractivity contribution in [3.05, 3.63) is 70.0 Å². The van der Waals surface area contributed by atoms with Gasteiger partial charge in [-0.2, -0.15) is 10.1 Å². The molecule has 0 fully saturated rings. The minimum Gasteiger partial charge on any atom is -0.489 e. The van der Waals surface area contributed by atoms with Crippen LogP contribution in [0.1, 0.15) is 23.6 Å². The zero-order valence-corrected chi connectivity index (χ0v) is 15.0. The lowest BCUT2D eigenvalue weighted by Gasteiger charge is -2.25. The van der Waals surface area contributed by atoms with Crippen LogP contribution in [-0.4, -0.2) is 20.7 Å². The number of anilines is 1. The van der Waals surface area contributed by atoms with Crippen molar-refractivity contribution in [1.29, 1.82) is 0 Å². The van der Waals surface area contributed by atoms with Crippen LogP contribution in [-0.2, 0) is 11.4 Å². The number of halogens is 2. The van der Waals surface area contributed by atoms with E-state index in [0.717, 1.165) is 11.1 Å². The summed E-state index contributed by atoms with van der Waals surface area (Å²) in [6.45, 7) is 0.330. The molecule has 6 nitrogen and oxygen atoms in total. The number of rotatable bonds is 4. The first-order valence-corrected chi connectivity index (χ1v) is 8.72. The summed E-state index contributed by atoms with van der Waals surface area (Å²) < 4.78 is 7.70. The molecule has 2 aromatic carbocycles. The van der Waals surface area contributed by atoms with Gasteiger partial charge >= 0.3 is 0 Å². The average Bonchev–Trinajstić information content (AvgIpc) is 3.10. The lowest BCUT2D eigenvalue weighted by molar-refractivity contribution is -0.117. The molecule has 1 aliphatic rings. The summed E-state index contributed by atoms with van der Waals surface area (Å²) in [4.78, 5) is 16.1. The van der Waals surface area contributed by atoms with Gasteiger partial charge in [-0.15, -0.1) is 0 Å². The maximum atomic E-state index is 12.0. The SMILES string of the molecule is O=C1C[C@H](c2ccccc2OCc2ccc(Cl)c(Cl)c2)n2ncnc2N1. The summed E-state index contributed by atoms with van der Waals surface area (Å²) >= 11 is 12.0. The van der Waals surface area contributed by atoms with Crippen LogP contribution in [0.3, 0.4) is 0 Å². The molecule has 0 spiro atoms. The van der Waals surface area contributed by atoms with Gasteiger partial charge in [-0.3, -0.25) is 10.1 Å². The molecule has 0 saturated carbocycles. The Morgan fingerprint density at radius 3 is 2.88 bits per heavy atom. The Kier molecular flexibility index (Phi) is 4.53. The first kappa shape index (κ1) is 16.9. The number of nitrogens with zero attached hydrogens (tertiary/aromatic N) is 3. The topological polar surface area (TPSA) is 69.0 Å².